The molecule has 0 saturated carbocycles. The van der Waals surface area contributed by atoms with Gasteiger partial charge < -0.3 is 0 Å². The van der Waals surface area contributed by atoms with Gasteiger partial charge in [0.15, 0.2) is 0 Å². The van der Waals surface area contributed by atoms with Gasteiger partial charge in [-0.2, -0.15) is 0 Å². The molecule has 0 aliphatic carbocycles. The van der Waals surface area contributed by atoms with Gasteiger partial charge in [0.05, 0.1) is 0 Å². The average molecular weight is 790 g/mol. The van der Waals surface area contributed by atoms with Crippen molar-refractivity contribution in [3.8, 4) is 23.0 Å². The second kappa shape index (κ2) is 13.6. The molecule has 0 fully saturated rings. The Bertz CT molecular complexity index is 2910. The number of hydrogen-bond donors (Lipinski definition) is 0. The zero-order valence-corrected chi connectivity index (χ0v) is 33.0. The van der Waals surface area contributed by atoms with E-state index >= 15 is 0 Å². The first-order chi connectivity index (χ1) is 28.3. The van der Waals surface area contributed by atoms with Gasteiger partial charge in [-0.1, -0.05) is 0 Å². The Balaban J connectivity index is 1.22. The zero-order valence-electron chi connectivity index (χ0n) is 30.9. The minimum absolute atomic E-state index is 0.613. The summed E-state index contributed by atoms with van der Waals surface area (Å²) in [7, 11) is 0. The van der Waals surface area contributed by atoms with Gasteiger partial charge in [-0.3, -0.25) is 0 Å². The summed E-state index contributed by atoms with van der Waals surface area (Å²) in [5, 5.41) is 4.70. The van der Waals surface area contributed by atoms with E-state index in [-0.39, 0.29) is 0 Å². The van der Waals surface area contributed by atoms with Crippen molar-refractivity contribution in [1.82, 2.24) is 24.1 Å². The number of benzene rings is 7. The molecule has 4 heterocycles. The number of pyridine rings is 1. The quantitative estimate of drug-likeness (QED) is 0.152. The Kier molecular flexibility index (Phi) is 7.93. The molecule has 0 aliphatic rings. The number of hydrogen-bond acceptors (Lipinski definition) is 3. The number of nitrogens with zero attached hydrogens (tertiary/aromatic N) is 5. The van der Waals surface area contributed by atoms with Crippen molar-refractivity contribution >= 4 is 74.6 Å². The molecular weight excluding hydrogens is 755 g/mol. The molecule has 0 amide bonds. The SMILES string of the molecule is c1cc[c]([Ge]([c]2ccccc2)([c]2ccccc2)[c]2cc(-c3cc(-n4c5ccccc5c5ccccc54)nc(-n4c5ccccc5c5ccccc54)n3)ccn2)cc1. The standard InChI is InChI=1S/C51H35GeN5/c1-4-18-37(19-5-1)52(38-20-6-2-7-21-38,39-22-8-3-9-23-39)49-34-36(32-33-53-49)44-35-50(56-45-28-14-10-24-40(45)41-25-11-15-29-46(41)56)55-51(54-44)57-47-30-16-12-26-42(47)43-27-13-17-31-48(43)57/h1-35H. The van der Waals surface area contributed by atoms with Crippen molar-refractivity contribution in [3.63, 3.8) is 0 Å². The van der Waals surface area contributed by atoms with Crippen LogP contribution in [0.4, 0.5) is 0 Å². The number of fused-ring (bicyclic) bond motifs is 6. The number of aromatic nitrogens is 5. The van der Waals surface area contributed by atoms with Crippen molar-refractivity contribution < 1.29 is 0 Å². The molecule has 57 heavy (non-hydrogen) atoms. The van der Waals surface area contributed by atoms with E-state index in [1.807, 2.05) is 6.20 Å². The van der Waals surface area contributed by atoms with Gasteiger partial charge in [0.1, 0.15) is 0 Å². The molecule has 0 radical (unpaired) electrons. The first-order valence-corrected chi connectivity index (χ1v) is 23.5. The second-order valence-electron chi connectivity index (χ2n) is 14.4. The Morgan fingerprint density at radius 1 is 0.368 bits per heavy atom. The van der Waals surface area contributed by atoms with Crippen molar-refractivity contribution in [2.45, 2.75) is 0 Å². The number of rotatable bonds is 7. The summed E-state index contributed by atoms with van der Waals surface area (Å²) >= 11 is -3.68. The van der Waals surface area contributed by atoms with Crippen molar-refractivity contribution in [3.05, 3.63) is 212 Å². The molecule has 11 rings (SSSR count). The molecule has 0 aliphatic heterocycles. The Morgan fingerprint density at radius 2 is 0.772 bits per heavy atom. The van der Waals surface area contributed by atoms with Gasteiger partial charge in [-0.15, -0.1) is 0 Å². The molecule has 0 unspecified atom stereocenters. The van der Waals surface area contributed by atoms with Crippen LogP contribution in [-0.2, 0) is 0 Å². The van der Waals surface area contributed by atoms with Crippen LogP contribution >= 0.6 is 0 Å². The minimum atomic E-state index is -3.68. The van der Waals surface area contributed by atoms with Crippen molar-refractivity contribution in [1.29, 1.82) is 0 Å². The molecule has 7 aromatic carbocycles. The van der Waals surface area contributed by atoms with E-state index in [2.05, 4.69) is 215 Å². The monoisotopic (exact) mass is 791 g/mol. The van der Waals surface area contributed by atoms with E-state index in [1.165, 1.54) is 24.0 Å². The third-order valence-corrected chi connectivity index (χ3v) is 21.1. The van der Waals surface area contributed by atoms with E-state index in [0.29, 0.717) is 5.95 Å². The van der Waals surface area contributed by atoms with Crippen LogP contribution < -0.4 is 17.7 Å². The normalized spacial score (nSPS) is 11.9. The molecule has 5 nitrogen and oxygen atoms in total. The summed E-state index contributed by atoms with van der Waals surface area (Å²) in [4.78, 5) is 16.3. The third kappa shape index (κ3) is 5.27. The van der Waals surface area contributed by atoms with Crippen LogP contribution in [0.15, 0.2) is 212 Å². The molecule has 11 aromatic rings. The maximum atomic E-state index is 5.49. The molecule has 0 N–H and O–H groups in total. The molecular formula is C51H35GeN5. The first kappa shape index (κ1) is 33.3. The fourth-order valence-corrected chi connectivity index (χ4v) is 18.6. The summed E-state index contributed by atoms with van der Waals surface area (Å²) in [6.45, 7) is 0. The summed E-state index contributed by atoms with van der Waals surface area (Å²) in [6, 6.07) is 73.8. The van der Waals surface area contributed by atoms with Crippen molar-refractivity contribution in [2.24, 2.45) is 0 Å². The Hall–Kier alpha value is -7.09. The fraction of sp³-hybridized carbons (Fsp3) is 0. The predicted molar refractivity (Wildman–Crippen MR) is 238 cm³/mol. The molecule has 0 spiro atoms. The number of para-hydroxylation sites is 4. The van der Waals surface area contributed by atoms with Crippen LogP contribution in [0, 0.1) is 0 Å². The molecule has 0 saturated heterocycles. The van der Waals surface area contributed by atoms with Gasteiger partial charge in [0.25, 0.3) is 0 Å². The van der Waals surface area contributed by atoms with Gasteiger partial charge in [0, 0.05) is 0 Å². The van der Waals surface area contributed by atoms with Crippen LogP contribution in [0.1, 0.15) is 0 Å². The molecule has 0 bridgehead atoms. The van der Waals surface area contributed by atoms with Crippen LogP contribution in [-0.4, -0.2) is 37.4 Å². The molecule has 0 atom stereocenters. The second-order valence-corrected chi connectivity index (χ2v) is 22.3. The summed E-state index contributed by atoms with van der Waals surface area (Å²) in [6.07, 6.45) is 1.97. The van der Waals surface area contributed by atoms with E-state index in [0.717, 1.165) is 54.4 Å². The van der Waals surface area contributed by atoms with Crippen LogP contribution in [0.5, 0.6) is 0 Å². The summed E-state index contributed by atoms with van der Waals surface area (Å²) in [5.74, 6) is 1.41. The maximum absolute atomic E-state index is 5.49. The summed E-state index contributed by atoms with van der Waals surface area (Å²) < 4.78 is 9.55. The first-order valence-electron chi connectivity index (χ1n) is 19.3. The van der Waals surface area contributed by atoms with Gasteiger partial charge in [0.2, 0.25) is 0 Å². The van der Waals surface area contributed by atoms with E-state index in [9.17, 15) is 0 Å². The molecule has 6 heteroatoms. The van der Waals surface area contributed by atoms with E-state index in [1.54, 1.807) is 0 Å². The van der Waals surface area contributed by atoms with Crippen molar-refractivity contribution in [2.75, 3.05) is 0 Å². The Morgan fingerprint density at radius 3 is 1.23 bits per heavy atom. The van der Waals surface area contributed by atoms with E-state index in [4.69, 9.17) is 15.0 Å². The molecule has 268 valence electrons. The van der Waals surface area contributed by atoms with Gasteiger partial charge >= 0.3 is 334 Å². The van der Waals surface area contributed by atoms with Gasteiger partial charge in [-0.05, 0) is 0 Å². The topological polar surface area (TPSA) is 48.5 Å². The fourth-order valence-electron chi connectivity index (χ4n) is 8.89. The zero-order chi connectivity index (χ0) is 37.8. The van der Waals surface area contributed by atoms with Gasteiger partial charge in [-0.25, -0.2) is 0 Å². The van der Waals surface area contributed by atoms with Crippen LogP contribution in [0.25, 0.3) is 66.6 Å². The predicted octanol–water partition coefficient (Wildman–Crippen LogP) is 9.11. The Labute approximate surface area is 332 Å². The van der Waals surface area contributed by atoms with E-state index < -0.39 is 13.3 Å². The third-order valence-electron chi connectivity index (χ3n) is 11.4. The summed E-state index contributed by atoms with van der Waals surface area (Å²) in [5.41, 5.74) is 6.13. The van der Waals surface area contributed by atoms with Crippen LogP contribution in [0.2, 0.25) is 0 Å². The molecule has 4 aromatic heterocycles. The average Bonchev–Trinajstić information content (AvgIpc) is 3.81. The van der Waals surface area contributed by atoms with Crippen LogP contribution in [0.3, 0.4) is 0 Å².